The fraction of sp³-hybridized carbons (Fsp3) is 0.600. The van der Waals surface area contributed by atoms with E-state index in [4.69, 9.17) is 17.3 Å². The zero-order valence-electron chi connectivity index (χ0n) is 10.8. The molecule has 2 N–H and O–H groups in total. The highest BCUT2D eigenvalue weighted by Gasteiger charge is 2.38. The van der Waals surface area contributed by atoms with Crippen molar-refractivity contribution >= 4 is 17.3 Å². The first-order chi connectivity index (χ1) is 8.66. The van der Waals surface area contributed by atoms with Gasteiger partial charge in [-0.15, -0.1) is 0 Å². The number of rotatable bonds is 3. The quantitative estimate of drug-likeness (QED) is 0.907. The normalized spacial score (nSPS) is 22.0. The van der Waals surface area contributed by atoms with Crippen molar-refractivity contribution in [1.82, 2.24) is 0 Å². The third-order valence-electron chi connectivity index (χ3n) is 4.16. The summed E-state index contributed by atoms with van der Waals surface area (Å²) < 4.78 is 0. The Morgan fingerprint density at radius 2 is 1.89 bits per heavy atom. The van der Waals surface area contributed by atoms with Crippen LogP contribution in [0.5, 0.6) is 0 Å². The third kappa shape index (κ3) is 2.65. The van der Waals surface area contributed by atoms with Crippen molar-refractivity contribution in [2.24, 2.45) is 5.73 Å². The number of benzene rings is 1. The summed E-state index contributed by atoms with van der Waals surface area (Å²) in [5, 5.41) is 0.888. The molecule has 0 spiro atoms. The van der Waals surface area contributed by atoms with Crippen molar-refractivity contribution < 1.29 is 0 Å². The van der Waals surface area contributed by atoms with Gasteiger partial charge in [0, 0.05) is 18.6 Å². The molecule has 1 aromatic rings. The van der Waals surface area contributed by atoms with Crippen molar-refractivity contribution in [3.8, 4) is 0 Å². The second-order valence-corrected chi connectivity index (χ2v) is 6.28. The lowest BCUT2D eigenvalue weighted by atomic mass is 10.0. The SMILES string of the molecule is NC1(Cc2ccc(N3CCCCC3)c(Cl)c2)CC1. The minimum Gasteiger partial charge on any atom is -0.370 e. The molecule has 1 saturated carbocycles. The lowest BCUT2D eigenvalue weighted by molar-refractivity contribution is 0.578. The van der Waals surface area contributed by atoms with E-state index in [1.165, 1.54) is 30.5 Å². The standard InChI is InChI=1S/C15H21ClN2/c16-13-10-12(11-15(17)6-7-15)4-5-14(13)18-8-2-1-3-9-18/h4-5,10H,1-3,6-9,11,17H2. The van der Waals surface area contributed by atoms with Crippen LogP contribution < -0.4 is 10.6 Å². The Kier molecular flexibility index (Phi) is 3.25. The minimum absolute atomic E-state index is 0.0654. The summed E-state index contributed by atoms with van der Waals surface area (Å²) in [7, 11) is 0. The summed E-state index contributed by atoms with van der Waals surface area (Å²) in [6, 6.07) is 6.48. The first kappa shape index (κ1) is 12.3. The molecule has 3 heteroatoms. The largest absolute Gasteiger partial charge is 0.370 e. The van der Waals surface area contributed by atoms with E-state index in [9.17, 15) is 0 Å². The Morgan fingerprint density at radius 1 is 1.17 bits per heavy atom. The smallest absolute Gasteiger partial charge is 0.0642 e. The number of hydrogen-bond acceptors (Lipinski definition) is 2. The molecule has 1 aliphatic heterocycles. The van der Waals surface area contributed by atoms with Gasteiger partial charge in [-0.3, -0.25) is 0 Å². The molecule has 1 heterocycles. The number of anilines is 1. The number of hydrogen-bond donors (Lipinski definition) is 1. The van der Waals surface area contributed by atoms with Gasteiger partial charge in [-0.25, -0.2) is 0 Å². The lowest BCUT2D eigenvalue weighted by Crippen LogP contribution is -2.29. The molecule has 2 aliphatic rings. The fourth-order valence-electron chi connectivity index (χ4n) is 2.80. The predicted molar refractivity (Wildman–Crippen MR) is 77.4 cm³/mol. The van der Waals surface area contributed by atoms with Crippen LogP contribution in [-0.4, -0.2) is 18.6 Å². The van der Waals surface area contributed by atoms with Gasteiger partial charge >= 0.3 is 0 Å². The van der Waals surface area contributed by atoms with Gasteiger partial charge in [-0.1, -0.05) is 17.7 Å². The summed E-state index contributed by atoms with van der Waals surface area (Å²) in [6.45, 7) is 2.28. The van der Waals surface area contributed by atoms with E-state index >= 15 is 0 Å². The average molecular weight is 265 g/mol. The van der Waals surface area contributed by atoms with E-state index in [2.05, 4.69) is 23.1 Å². The van der Waals surface area contributed by atoms with E-state index < -0.39 is 0 Å². The molecular formula is C15H21ClN2. The summed E-state index contributed by atoms with van der Waals surface area (Å²) >= 11 is 6.43. The maximum absolute atomic E-state index is 6.43. The van der Waals surface area contributed by atoms with Crippen molar-refractivity contribution in [2.75, 3.05) is 18.0 Å². The molecule has 0 radical (unpaired) electrons. The minimum atomic E-state index is 0.0654. The number of piperidine rings is 1. The molecule has 0 atom stereocenters. The molecule has 1 aromatic carbocycles. The van der Waals surface area contributed by atoms with Gasteiger partial charge in [0.1, 0.15) is 0 Å². The maximum Gasteiger partial charge on any atom is 0.0642 e. The molecule has 0 aromatic heterocycles. The summed E-state index contributed by atoms with van der Waals surface area (Å²) in [5.74, 6) is 0. The highest BCUT2D eigenvalue weighted by molar-refractivity contribution is 6.33. The highest BCUT2D eigenvalue weighted by atomic mass is 35.5. The first-order valence-electron chi connectivity index (χ1n) is 6.99. The van der Waals surface area contributed by atoms with Gasteiger partial charge in [-0.05, 0) is 56.2 Å². The van der Waals surface area contributed by atoms with Crippen LogP contribution in [0.2, 0.25) is 5.02 Å². The molecule has 3 rings (SSSR count). The van der Waals surface area contributed by atoms with Crippen LogP contribution in [0.25, 0.3) is 0 Å². The zero-order valence-corrected chi connectivity index (χ0v) is 11.5. The zero-order chi connectivity index (χ0) is 12.6. The lowest BCUT2D eigenvalue weighted by Gasteiger charge is -2.29. The van der Waals surface area contributed by atoms with Gasteiger partial charge in [0.05, 0.1) is 10.7 Å². The van der Waals surface area contributed by atoms with E-state index in [1.807, 2.05) is 0 Å². The Labute approximate surface area is 114 Å². The van der Waals surface area contributed by atoms with Gasteiger partial charge in [-0.2, -0.15) is 0 Å². The van der Waals surface area contributed by atoms with Gasteiger partial charge in [0.15, 0.2) is 0 Å². The van der Waals surface area contributed by atoms with Crippen LogP contribution >= 0.6 is 11.6 Å². The molecule has 0 bridgehead atoms. The molecule has 2 nitrogen and oxygen atoms in total. The van der Waals surface area contributed by atoms with Crippen molar-refractivity contribution in [3.05, 3.63) is 28.8 Å². The Bertz CT molecular complexity index is 434. The number of nitrogens with two attached hydrogens (primary N) is 1. The molecule has 18 heavy (non-hydrogen) atoms. The maximum atomic E-state index is 6.43. The van der Waals surface area contributed by atoms with Gasteiger partial charge in [0.2, 0.25) is 0 Å². The van der Waals surface area contributed by atoms with E-state index in [-0.39, 0.29) is 5.54 Å². The van der Waals surface area contributed by atoms with Crippen LogP contribution in [0.3, 0.4) is 0 Å². The molecule has 2 fully saturated rings. The molecule has 1 aliphatic carbocycles. The third-order valence-corrected chi connectivity index (χ3v) is 4.46. The Hall–Kier alpha value is -0.730. The molecule has 0 unspecified atom stereocenters. The first-order valence-corrected chi connectivity index (χ1v) is 7.36. The topological polar surface area (TPSA) is 29.3 Å². The summed E-state index contributed by atoms with van der Waals surface area (Å²) in [5.41, 5.74) is 8.70. The Morgan fingerprint density at radius 3 is 2.50 bits per heavy atom. The van der Waals surface area contributed by atoms with Crippen molar-refractivity contribution in [2.45, 2.75) is 44.1 Å². The monoisotopic (exact) mass is 264 g/mol. The van der Waals surface area contributed by atoms with Crippen LogP contribution in [-0.2, 0) is 6.42 Å². The van der Waals surface area contributed by atoms with E-state index in [0.29, 0.717) is 0 Å². The summed E-state index contributed by atoms with van der Waals surface area (Å²) in [4.78, 5) is 2.41. The molecule has 98 valence electrons. The molecule has 1 saturated heterocycles. The van der Waals surface area contributed by atoms with Gasteiger partial charge < -0.3 is 10.6 Å². The fourth-order valence-corrected chi connectivity index (χ4v) is 3.12. The van der Waals surface area contributed by atoms with Crippen molar-refractivity contribution in [1.29, 1.82) is 0 Å². The van der Waals surface area contributed by atoms with E-state index in [1.54, 1.807) is 0 Å². The molecular weight excluding hydrogens is 244 g/mol. The summed E-state index contributed by atoms with van der Waals surface area (Å²) in [6.07, 6.45) is 7.18. The van der Waals surface area contributed by atoms with Gasteiger partial charge in [0.25, 0.3) is 0 Å². The second kappa shape index (κ2) is 4.75. The molecule has 0 amide bonds. The number of halogens is 1. The van der Waals surface area contributed by atoms with Crippen LogP contribution in [0.4, 0.5) is 5.69 Å². The van der Waals surface area contributed by atoms with Crippen LogP contribution in [0.15, 0.2) is 18.2 Å². The van der Waals surface area contributed by atoms with E-state index in [0.717, 1.165) is 37.4 Å². The highest BCUT2D eigenvalue weighted by Crippen LogP contribution is 2.37. The average Bonchev–Trinajstić information content (AvgIpc) is 3.08. The van der Waals surface area contributed by atoms with Crippen molar-refractivity contribution in [3.63, 3.8) is 0 Å². The van der Waals surface area contributed by atoms with Crippen LogP contribution in [0, 0.1) is 0 Å². The second-order valence-electron chi connectivity index (χ2n) is 5.87. The predicted octanol–water partition coefficient (Wildman–Crippen LogP) is 3.36. The Balaban J connectivity index is 1.75. The number of nitrogens with zero attached hydrogens (tertiary/aromatic N) is 1. The van der Waals surface area contributed by atoms with Crippen LogP contribution in [0.1, 0.15) is 37.7 Å².